The van der Waals surface area contributed by atoms with Crippen molar-refractivity contribution in [3.05, 3.63) is 95.6 Å². The Balaban J connectivity index is 1.37. The van der Waals surface area contributed by atoms with Gasteiger partial charge in [-0.2, -0.15) is 23.5 Å². The summed E-state index contributed by atoms with van der Waals surface area (Å²) in [6.45, 7) is 15.7. The Morgan fingerprint density at radius 3 is 1.96 bits per heavy atom. The molecule has 6 heteroatoms. The average molecular weight is 647 g/mol. The third-order valence-electron chi connectivity index (χ3n) is 9.70. The molecule has 4 nitrogen and oxygen atoms in total. The predicted octanol–water partition coefficient (Wildman–Crippen LogP) is 10.0. The van der Waals surface area contributed by atoms with Gasteiger partial charge < -0.3 is 19.3 Å². The van der Waals surface area contributed by atoms with Gasteiger partial charge in [-0.15, -0.1) is 0 Å². The van der Waals surface area contributed by atoms with Crippen LogP contribution in [-0.2, 0) is 16.7 Å². The van der Waals surface area contributed by atoms with Crippen molar-refractivity contribution in [2.45, 2.75) is 120 Å². The van der Waals surface area contributed by atoms with Gasteiger partial charge in [0.15, 0.2) is 0 Å². The second-order valence-corrected chi connectivity index (χ2v) is 17.8. The van der Waals surface area contributed by atoms with Crippen molar-refractivity contribution in [1.82, 2.24) is 9.13 Å². The molecule has 45 heavy (non-hydrogen) atoms. The maximum Gasteiger partial charge on any atom is 0.143 e. The highest BCUT2D eigenvalue weighted by atomic mass is 32.2. The van der Waals surface area contributed by atoms with E-state index in [0.29, 0.717) is 16.2 Å². The summed E-state index contributed by atoms with van der Waals surface area (Å²) < 4.78 is 4.19. The fourth-order valence-electron chi connectivity index (χ4n) is 6.63. The molecule has 4 atom stereocenters. The van der Waals surface area contributed by atoms with Crippen LogP contribution in [0.5, 0.6) is 5.75 Å². The van der Waals surface area contributed by atoms with E-state index >= 15 is 0 Å². The van der Waals surface area contributed by atoms with Crippen molar-refractivity contribution in [1.29, 1.82) is 0 Å². The summed E-state index contributed by atoms with van der Waals surface area (Å²) in [4.78, 5) is 0. The van der Waals surface area contributed by atoms with Crippen molar-refractivity contribution >= 4 is 23.5 Å². The van der Waals surface area contributed by atoms with Crippen LogP contribution >= 0.6 is 23.5 Å². The van der Waals surface area contributed by atoms with Crippen LogP contribution in [0.15, 0.2) is 84.5 Å². The molecule has 1 fully saturated rings. The van der Waals surface area contributed by atoms with E-state index in [-0.39, 0.29) is 10.8 Å². The highest BCUT2D eigenvalue weighted by molar-refractivity contribution is 8.03. The SMILES string of the molecule is CC(C)(C)C1=CC(C)(n2cccc2)C(O)C(CS[C@H]2CCCCCC[C@@H]2SCc2cc(C(C)(C)C)cc(-n3cccc3)c2O)=C1. The molecule has 0 spiro atoms. The number of aromatic nitrogens is 2. The number of phenolic OH excluding ortho intramolecular Hbond substituents is 1. The van der Waals surface area contributed by atoms with Crippen molar-refractivity contribution in [3.8, 4) is 11.4 Å². The first-order chi connectivity index (χ1) is 21.3. The molecular weight excluding hydrogens is 593 g/mol. The zero-order valence-electron chi connectivity index (χ0n) is 28.4. The first-order valence-corrected chi connectivity index (χ1v) is 18.9. The smallest absolute Gasteiger partial charge is 0.143 e. The van der Waals surface area contributed by atoms with E-state index in [1.54, 1.807) is 0 Å². The van der Waals surface area contributed by atoms with Gasteiger partial charge >= 0.3 is 0 Å². The van der Waals surface area contributed by atoms with E-state index in [0.717, 1.165) is 28.3 Å². The van der Waals surface area contributed by atoms with Crippen LogP contribution in [0.25, 0.3) is 5.69 Å². The first kappa shape index (κ1) is 34.1. The Kier molecular flexibility index (Phi) is 10.5. The third kappa shape index (κ3) is 7.82. The van der Waals surface area contributed by atoms with Crippen molar-refractivity contribution in [2.75, 3.05) is 5.75 Å². The normalized spacial score (nSPS) is 24.9. The lowest BCUT2D eigenvalue weighted by Gasteiger charge is -2.41. The van der Waals surface area contributed by atoms with Gasteiger partial charge in [-0.3, -0.25) is 0 Å². The number of hydrogen-bond donors (Lipinski definition) is 2. The quantitative estimate of drug-likeness (QED) is 0.256. The number of hydrogen-bond acceptors (Lipinski definition) is 4. The number of rotatable bonds is 8. The van der Waals surface area contributed by atoms with Crippen LogP contribution in [0.3, 0.4) is 0 Å². The molecule has 5 rings (SSSR count). The van der Waals surface area contributed by atoms with E-state index in [2.05, 4.69) is 89.7 Å². The monoisotopic (exact) mass is 646 g/mol. The molecule has 2 aliphatic rings. The largest absolute Gasteiger partial charge is 0.505 e. The van der Waals surface area contributed by atoms with Crippen molar-refractivity contribution < 1.29 is 10.2 Å². The maximum absolute atomic E-state index is 11.8. The standard InChI is InChI=1S/C39H54N2O2S2/c1-37(2,3)30-22-28(35(42)32(24-30)40-18-12-13-19-40)26-44-33-16-10-8-9-11-17-34(33)45-27-29-23-31(38(4,5)6)25-39(7,36(29)43)41-20-14-15-21-41/h12-15,18-25,33-34,36,42-43H,8-11,16-17,26-27H2,1-7H3/t33-,34-,36?,39?/m0/s1. The van der Waals surface area contributed by atoms with Crippen molar-refractivity contribution in [3.63, 3.8) is 0 Å². The van der Waals surface area contributed by atoms with Gasteiger partial charge in [-0.05, 0) is 77.6 Å². The molecule has 244 valence electrons. The molecule has 2 aliphatic carbocycles. The Bertz CT molecular complexity index is 1470. The van der Waals surface area contributed by atoms with Gasteiger partial charge in [0.2, 0.25) is 0 Å². The molecular formula is C39H54N2O2S2. The highest BCUT2D eigenvalue weighted by Crippen LogP contribution is 2.44. The van der Waals surface area contributed by atoms with E-state index in [1.165, 1.54) is 49.7 Å². The average Bonchev–Trinajstić information content (AvgIpc) is 3.69. The molecule has 1 saturated carbocycles. The Hall–Kier alpha value is -2.28. The number of aromatic hydroxyl groups is 1. The lowest BCUT2D eigenvalue weighted by Crippen LogP contribution is -2.44. The fraction of sp³-hybridized carbons (Fsp3) is 0.538. The number of allylic oxidation sites excluding steroid dienone is 2. The van der Waals surface area contributed by atoms with Gasteiger partial charge in [0.25, 0.3) is 0 Å². The second-order valence-electron chi connectivity index (χ2n) is 15.3. The van der Waals surface area contributed by atoms with Gasteiger partial charge in [0.05, 0.1) is 11.2 Å². The minimum Gasteiger partial charge on any atom is -0.505 e. The summed E-state index contributed by atoms with van der Waals surface area (Å²) in [6.07, 6.45) is 19.7. The minimum absolute atomic E-state index is 0.00775. The van der Waals surface area contributed by atoms with Crippen LogP contribution in [0.4, 0.5) is 0 Å². The number of phenols is 1. The lowest BCUT2D eigenvalue weighted by atomic mass is 9.75. The van der Waals surface area contributed by atoms with Crippen LogP contribution in [0, 0.1) is 5.41 Å². The number of nitrogens with zero attached hydrogens (tertiary/aromatic N) is 2. The zero-order valence-corrected chi connectivity index (χ0v) is 30.1. The second kappa shape index (κ2) is 13.8. The fourth-order valence-corrected chi connectivity index (χ4v) is 9.73. The predicted molar refractivity (Wildman–Crippen MR) is 195 cm³/mol. The molecule has 0 amide bonds. The molecule has 0 bridgehead atoms. The van der Waals surface area contributed by atoms with Gasteiger partial charge in [0, 0.05) is 52.4 Å². The van der Waals surface area contributed by atoms with E-state index in [9.17, 15) is 10.2 Å². The van der Waals surface area contributed by atoms with Gasteiger partial charge in [0.1, 0.15) is 11.9 Å². The highest BCUT2D eigenvalue weighted by Gasteiger charge is 2.40. The summed E-state index contributed by atoms with van der Waals surface area (Å²) in [7, 11) is 0. The first-order valence-electron chi connectivity index (χ1n) is 16.8. The van der Waals surface area contributed by atoms with Crippen LogP contribution in [-0.4, -0.2) is 41.7 Å². The molecule has 0 aliphatic heterocycles. The Morgan fingerprint density at radius 2 is 1.38 bits per heavy atom. The molecule has 2 N–H and O–H groups in total. The summed E-state index contributed by atoms with van der Waals surface area (Å²) in [5.41, 5.74) is 5.00. The van der Waals surface area contributed by atoms with E-state index in [1.807, 2.05) is 64.8 Å². The van der Waals surface area contributed by atoms with Crippen LogP contribution in [0.2, 0.25) is 0 Å². The number of benzene rings is 1. The lowest BCUT2D eigenvalue weighted by molar-refractivity contribution is 0.104. The summed E-state index contributed by atoms with van der Waals surface area (Å²) in [5, 5.41) is 24.3. The topological polar surface area (TPSA) is 50.3 Å². The van der Waals surface area contributed by atoms with Crippen molar-refractivity contribution in [2.24, 2.45) is 5.41 Å². The molecule has 3 aromatic rings. The third-order valence-corrected chi connectivity index (χ3v) is 12.8. The Morgan fingerprint density at radius 1 is 0.800 bits per heavy atom. The number of aliphatic hydroxyl groups excluding tert-OH is 1. The van der Waals surface area contributed by atoms with E-state index in [4.69, 9.17) is 0 Å². The molecule has 2 aromatic heterocycles. The molecule has 1 aromatic carbocycles. The van der Waals surface area contributed by atoms with Gasteiger partial charge in [-0.25, -0.2) is 0 Å². The molecule has 0 saturated heterocycles. The van der Waals surface area contributed by atoms with Crippen LogP contribution < -0.4 is 0 Å². The maximum atomic E-state index is 11.8. The molecule has 2 unspecified atom stereocenters. The number of aliphatic hydroxyl groups is 1. The Labute approximate surface area is 280 Å². The summed E-state index contributed by atoms with van der Waals surface area (Å²) in [6, 6.07) is 12.5. The summed E-state index contributed by atoms with van der Waals surface area (Å²) >= 11 is 4.07. The van der Waals surface area contributed by atoms with E-state index < -0.39 is 11.6 Å². The number of thioether (sulfide) groups is 2. The zero-order chi connectivity index (χ0) is 32.4. The van der Waals surface area contributed by atoms with Gasteiger partial charge in [-0.1, -0.05) is 85.4 Å². The molecule has 0 radical (unpaired) electrons. The summed E-state index contributed by atoms with van der Waals surface area (Å²) in [5.74, 6) is 2.01. The van der Waals surface area contributed by atoms with Crippen LogP contribution in [0.1, 0.15) is 98.1 Å². The minimum atomic E-state index is -0.577. The molecule has 2 heterocycles.